The van der Waals surface area contributed by atoms with E-state index in [1.807, 2.05) is 0 Å². The smallest absolute Gasteiger partial charge is 0.150 e. The minimum Gasteiger partial charge on any atom is -0.367 e. The highest BCUT2D eigenvalue weighted by molar-refractivity contribution is 6.02. The van der Waals surface area contributed by atoms with E-state index in [4.69, 9.17) is 9.97 Å². The predicted molar refractivity (Wildman–Crippen MR) is 133 cm³/mol. The fourth-order valence-electron chi connectivity index (χ4n) is 5.63. The maximum absolute atomic E-state index is 4.75. The average molecular weight is 425 g/mol. The minimum atomic E-state index is 0.344. The zero-order valence-corrected chi connectivity index (χ0v) is 19.5. The summed E-state index contributed by atoms with van der Waals surface area (Å²) >= 11 is 0. The number of aryl methyl sites for hydroxylation is 1. The lowest BCUT2D eigenvalue weighted by molar-refractivity contribution is 0.178. The van der Waals surface area contributed by atoms with E-state index < -0.39 is 0 Å². The number of fused-ring (bicyclic) bond motifs is 1. The van der Waals surface area contributed by atoms with Gasteiger partial charge in [-0.3, -0.25) is 0 Å². The zero-order chi connectivity index (χ0) is 22.3. The van der Waals surface area contributed by atoms with Crippen LogP contribution in [0.4, 0.5) is 5.82 Å². The van der Waals surface area contributed by atoms with Crippen LogP contribution in [0.25, 0.3) is 27.8 Å². The SMILES string of the molecule is Cc1cccc(-n2cc(-c3ccccc3)c3c(N[C@@H]4C[C@@H](C)CC(C)(C)C4)ncnc32)c1. The maximum atomic E-state index is 4.75. The Labute approximate surface area is 190 Å². The van der Waals surface area contributed by atoms with E-state index in [0.717, 1.165) is 34.5 Å². The minimum absolute atomic E-state index is 0.344. The lowest BCUT2D eigenvalue weighted by atomic mass is 9.70. The van der Waals surface area contributed by atoms with Gasteiger partial charge in [-0.25, -0.2) is 9.97 Å². The third-order valence-electron chi connectivity index (χ3n) is 6.68. The van der Waals surface area contributed by atoms with Gasteiger partial charge in [0.25, 0.3) is 0 Å². The standard InChI is InChI=1S/C28H32N4/c1-19-9-8-12-23(14-19)32-17-24(21-10-6-5-7-11-21)25-26(29-18-30-27(25)32)31-22-13-20(2)15-28(3,4)16-22/h5-12,14,17-18,20,22H,13,15-16H2,1-4H3,(H,29,30,31)/t20-,22-/m1/s1. The average Bonchev–Trinajstić information content (AvgIpc) is 3.14. The Morgan fingerprint density at radius 3 is 2.56 bits per heavy atom. The van der Waals surface area contributed by atoms with Crippen molar-refractivity contribution in [1.29, 1.82) is 0 Å². The van der Waals surface area contributed by atoms with E-state index in [2.05, 4.69) is 98.4 Å². The summed E-state index contributed by atoms with van der Waals surface area (Å²) in [6.45, 7) is 9.27. The molecule has 2 aromatic carbocycles. The van der Waals surface area contributed by atoms with Crippen LogP contribution in [0, 0.1) is 18.3 Å². The van der Waals surface area contributed by atoms with Crippen LogP contribution in [0.3, 0.4) is 0 Å². The molecule has 0 saturated heterocycles. The quantitative estimate of drug-likeness (QED) is 0.383. The summed E-state index contributed by atoms with van der Waals surface area (Å²) in [5, 5.41) is 4.93. The van der Waals surface area contributed by atoms with Crippen LogP contribution in [0.1, 0.15) is 45.6 Å². The van der Waals surface area contributed by atoms with E-state index in [0.29, 0.717) is 17.4 Å². The van der Waals surface area contributed by atoms with Gasteiger partial charge in [0.15, 0.2) is 5.65 Å². The number of anilines is 1. The maximum Gasteiger partial charge on any atom is 0.150 e. The van der Waals surface area contributed by atoms with Crippen molar-refractivity contribution >= 4 is 16.9 Å². The van der Waals surface area contributed by atoms with Gasteiger partial charge < -0.3 is 9.88 Å². The summed E-state index contributed by atoms with van der Waals surface area (Å²) in [6, 6.07) is 19.6. The molecule has 0 spiro atoms. The van der Waals surface area contributed by atoms with E-state index in [-0.39, 0.29) is 0 Å². The van der Waals surface area contributed by atoms with Gasteiger partial charge in [-0.2, -0.15) is 0 Å². The summed E-state index contributed by atoms with van der Waals surface area (Å²) in [5.41, 5.74) is 5.98. The fraction of sp³-hybridized carbons (Fsp3) is 0.357. The number of rotatable bonds is 4. The monoisotopic (exact) mass is 424 g/mol. The van der Waals surface area contributed by atoms with Gasteiger partial charge in [0.2, 0.25) is 0 Å². The van der Waals surface area contributed by atoms with Crippen LogP contribution in [0.2, 0.25) is 0 Å². The Morgan fingerprint density at radius 1 is 1.00 bits per heavy atom. The van der Waals surface area contributed by atoms with Crippen molar-refractivity contribution in [2.75, 3.05) is 5.32 Å². The number of nitrogens with one attached hydrogen (secondary N) is 1. The summed E-state index contributed by atoms with van der Waals surface area (Å²) in [7, 11) is 0. The first-order valence-corrected chi connectivity index (χ1v) is 11.6. The second-order valence-corrected chi connectivity index (χ2v) is 10.3. The summed E-state index contributed by atoms with van der Waals surface area (Å²) in [5.74, 6) is 1.65. The molecule has 0 bridgehead atoms. The Hall–Kier alpha value is -3.14. The molecule has 0 unspecified atom stereocenters. The Balaban J connectivity index is 1.66. The van der Waals surface area contributed by atoms with E-state index in [9.17, 15) is 0 Å². The lowest BCUT2D eigenvalue weighted by Gasteiger charge is -2.39. The Morgan fingerprint density at radius 2 is 1.81 bits per heavy atom. The van der Waals surface area contributed by atoms with Crippen molar-refractivity contribution in [3.63, 3.8) is 0 Å². The Kier molecular flexibility index (Phi) is 5.24. The molecule has 1 aliphatic carbocycles. The van der Waals surface area contributed by atoms with Crippen LogP contribution < -0.4 is 5.32 Å². The molecule has 164 valence electrons. The van der Waals surface area contributed by atoms with E-state index in [1.54, 1.807) is 6.33 Å². The molecule has 0 aliphatic heterocycles. The molecular weight excluding hydrogens is 392 g/mol. The molecule has 2 aromatic heterocycles. The third kappa shape index (κ3) is 4.02. The summed E-state index contributed by atoms with van der Waals surface area (Å²) in [6.07, 6.45) is 7.52. The molecule has 0 amide bonds. The highest BCUT2D eigenvalue weighted by Gasteiger charge is 2.32. The molecule has 5 rings (SSSR count). The number of benzene rings is 2. The van der Waals surface area contributed by atoms with Gasteiger partial charge in [0.05, 0.1) is 5.39 Å². The largest absolute Gasteiger partial charge is 0.367 e. The molecular formula is C28H32N4. The van der Waals surface area contributed by atoms with Crippen molar-refractivity contribution in [2.45, 2.75) is 53.0 Å². The van der Waals surface area contributed by atoms with E-state index in [1.165, 1.54) is 24.0 Å². The van der Waals surface area contributed by atoms with E-state index >= 15 is 0 Å². The van der Waals surface area contributed by atoms with Gasteiger partial charge in [-0.1, -0.05) is 63.2 Å². The predicted octanol–water partition coefficient (Wildman–Crippen LogP) is 7.02. The molecule has 4 nitrogen and oxygen atoms in total. The molecule has 1 N–H and O–H groups in total. The highest BCUT2D eigenvalue weighted by atomic mass is 15.1. The topological polar surface area (TPSA) is 42.7 Å². The Bertz CT molecular complexity index is 1240. The highest BCUT2D eigenvalue weighted by Crippen LogP contribution is 2.41. The molecule has 32 heavy (non-hydrogen) atoms. The molecule has 2 atom stereocenters. The van der Waals surface area contributed by atoms with Crippen molar-refractivity contribution in [3.05, 3.63) is 72.7 Å². The zero-order valence-electron chi connectivity index (χ0n) is 19.5. The van der Waals surface area contributed by atoms with Crippen molar-refractivity contribution in [2.24, 2.45) is 11.3 Å². The van der Waals surface area contributed by atoms with Gasteiger partial charge in [0, 0.05) is 23.5 Å². The molecule has 4 heteroatoms. The van der Waals surface area contributed by atoms with Crippen LogP contribution in [0.5, 0.6) is 0 Å². The van der Waals surface area contributed by atoms with Crippen molar-refractivity contribution in [3.8, 4) is 16.8 Å². The van der Waals surface area contributed by atoms with Gasteiger partial charge in [-0.15, -0.1) is 0 Å². The van der Waals surface area contributed by atoms with Crippen molar-refractivity contribution in [1.82, 2.24) is 14.5 Å². The second-order valence-electron chi connectivity index (χ2n) is 10.3. The fourth-order valence-corrected chi connectivity index (χ4v) is 5.63. The summed E-state index contributed by atoms with van der Waals surface area (Å²) in [4.78, 5) is 9.49. The van der Waals surface area contributed by atoms with Gasteiger partial charge >= 0.3 is 0 Å². The number of nitrogens with zero attached hydrogens (tertiary/aromatic N) is 3. The van der Waals surface area contributed by atoms with Crippen LogP contribution in [-0.2, 0) is 0 Å². The summed E-state index contributed by atoms with van der Waals surface area (Å²) < 4.78 is 2.20. The normalized spacial score (nSPS) is 20.4. The lowest BCUT2D eigenvalue weighted by Crippen LogP contribution is -2.35. The third-order valence-corrected chi connectivity index (χ3v) is 6.68. The van der Waals surface area contributed by atoms with Crippen LogP contribution >= 0.6 is 0 Å². The number of hydrogen-bond acceptors (Lipinski definition) is 3. The van der Waals surface area contributed by atoms with Gasteiger partial charge in [0.1, 0.15) is 12.1 Å². The molecule has 2 heterocycles. The molecule has 1 fully saturated rings. The molecule has 1 saturated carbocycles. The first kappa shape index (κ1) is 20.7. The van der Waals surface area contributed by atoms with Crippen LogP contribution in [0.15, 0.2) is 67.1 Å². The van der Waals surface area contributed by atoms with Crippen molar-refractivity contribution < 1.29 is 0 Å². The second kappa shape index (κ2) is 8.09. The number of hydrogen-bond donors (Lipinski definition) is 1. The molecule has 0 radical (unpaired) electrons. The first-order valence-electron chi connectivity index (χ1n) is 11.6. The first-order chi connectivity index (χ1) is 15.4. The number of aromatic nitrogens is 3. The van der Waals surface area contributed by atoms with Crippen LogP contribution in [-0.4, -0.2) is 20.6 Å². The van der Waals surface area contributed by atoms with Gasteiger partial charge in [-0.05, 0) is 60.8 Å². The molecule has 1 aliphatic rings. The molecule has 4 aromatic rings.